The Labute approximate surface area is 106 Å². The number of rotatable bonds is 3. The Kier molecular flexibility index (Phi) is 3.64. The summed E-state index contributed by atoms with van der Waals surface area (Å²) >= 11 is 1.69. The zero-order chi connectivity index (χ0) is 12.4. The highest BCUT2D eigenvalue weighted by Gasteiger charge is 2.24. The molecule has 0 bridgehead atoms. The van der Waals surface area contributed by atoms with Gasteiger partial charge in [-0.3, -0.25) is 0 Å². The first-order valence-electron chi connectivity index (χ1n) is 5.69. The summed E-state index contributed by atoms with van der Waals surface area (Å²) in [6, 6.07) is 6.06. The molecule has 0 amide bonds. The minimum atomic E-state index is -0.428. The Morgan fingerprint density at radius 2 is 2.29 bits per heavy atom. The number of anilines is 1. The second-order valence-electron chi connectivity index (χ2n) is 3.93. The molecule has 1 aromatic carbocycles. The van der Waals surface area contributed by atoms with E-state index in [1.54, 1.807) is 25.8 Å². The molecule has 4 heteroatoms. The van der Waals surface area contributed by atoms with E-state index in [1.807, 2.05) is 18.2 Å². The molecule has 0 aliphatic carbocycles. The van der Waals surface area contributed by atoms with Gasteiger partial charge in [0.1, 0.15) is 5.75 Å². The molecule has 1 aliphatic rings. The highest BCUT2D eigenvalue weighted by Crippen LogP contribution is 2.47. The number of benzene rings is 1. The van der Waals surface area contributed by atoms with Crippen LogP contribution >= 0.6 is 11.8 Å². The van der Waals surface area contributed by atoms with Gasteiger partial charge in [-0.2, -0.15) is 0 Å². The molecule has 17 heavy (non-hydrogen) atoms. The van der Waals surface area contributed by atoms with Gasteiger partial charge in [-0.1, -0.05) is 11.8 Å². The number of methoxy groups -OCH3 is 1. The topological polar surface area (TPSA) is 32.7 Å². The minimum absolute atomic E-state index is 0.428. The van der Waals surface area contributed by atoms with E-state index in [2.05, 4.69) is 17.9 Å². The molecule has 2 rings (SSSR count). The van der Waals surface area contributed by atoms with Crippen molar-refractivity contribution >= 4 is 17.4 Å². The molecule has 0 radical (unpaired) electrons. The summed E-state index contributed by atoms with van der Waals surface area (Å²) in [7, 11) is 1.67. The first kappa shape index (κ1) is 12.3. The van der Waals surface area contributed by atoms with Crippen molar-refractivity contribution in [3.05, 3.63) is 29.3 Å². The van der Waals surface area contributed by atoms with Crippen molar-refractivity contribution in [3.63, 3.8) is 0 Å². The molecule has 1 unspecified atom stereocenters. The second kappa shape index (κ2) is 5.02. The first-order chi connectivity index (χ1) is 8.15. The van der Waals surface area contributed by atoms with E-state index in [1.165, 1.54) is 4.90 Å². The van der Waals surface area contributed by atoms with E-state index in [4.69, 9.17) is 4.74 Å². The highest BCUT2D eigenvalue weighted by molar-refractivity contribution is 8.03. The van der Waals surface area contributed by atoms with Gasteiger partial charge in [0.05, 0.1) is 23.9 Å². The van der Waals surface area contributed by atoms with E-state index >= 15 is 0 Å². The SMILES string of the molecule is CCN1/C(=C/C(C)O)Sc2ccc(OC)cc21. The Balaban J connectivity index is 2.39. The molecule has 1 atom stereocenters. The molecule has 1 aromatic rings. The van der Waals surface area contributed by atoms with Crippen molar-refractivity contribution in [2.75, 3.05) is 18.6 Å². The van der Waals surface area contributed by atoms with Gasteiger partial charge < -0.3 is 14.7 Å². The van der Waals surface area contributed by atoms with E-state index in [9.17, 15) is 5.11 Å². The van der Waals surface area contributed by atoms with Gasteiger partial charge in [0.15, 0.2) is 0 Å². The third kappa shape index (κ3) is 2.42. The lowest BCUT2D eigenvalue weighted by Crippen LogP contribution is -2.17. The van der Waals surface area contributed by atoms with Crippen molar-refractivity contribution < 1.29 is 9.84 Å². The lowest BCUT2D eigenvalue weighted by molar-refractivity contribution is 0.243. The molecule has 1 heterocycles. The van der Waals surface area contributed by atoms with Crippen LogP contribution in [0.15, 0.2) is 34.2 Å². The fourth-order valence-corrected chi connectivity index (χ4v) is 3.10. The van der Waals surface area contributed by atoms with Crippen LogP contribution in [0.2, 0.25) is 0 Å². The zero-order valence-electron chi connectivity index (χ0n) is 10.3. The maximum Gasteiger partial charge on any atom is 0.121 e. The Bertz CT molecular complexity index is 443. The van der Waals surface area contributed by atoms with Crippen LogP contribution in [0, 0.1) is 0 Å². The van der Waals surface area contributed by atoms with Crippen molar-refractivity contribution in [2.45, 2.75) is 24.8 Å². The van der Waals surface area contributed by atoms with Gasteiger partial charge in [0.25, 0.3) is 0 Å². The van der Waals surface area contributed by atoms with Crippen LogP contribution in [-0.2, 0) is 0 Å². The lowest BCUT2D eigenvalue weighted by Gasteiger charge is -2.18. The monoisotopic (exact) mass is 251 g/mol. The molecule has 0 fully saturated rings. The summed E-state index contributed by atoms with van der Waals surface area (Å²) in [5.74, 6) is 0.862. The van der Waals surface area contributed by atoms with Crippen molar-refractivity contribution in [2.24, 2.45) is 0 Å². The number of aliphatic hydroxyl groups excluding tert-OH is 1. The molecular formula is C13H17NO2S. The predicted octanol–water partition coefficient (Wildman–Crippen LogP) is 2.85. The van der Waals surface area contributed by atoms with E-state index in [0.29, 0.717) is 0 Å². The summed E-state index contributed by atoms with van der Waals surface area (Å²) < 4.78 is 5.24. The average molecular weight is 251 g/mol. The summed E-state index contributed by atoms with van der Waals surface area (Å²) in [4.78, 5) is 3.40. The molecule has 0 saturated carbocycles. The number of hydrogen-bond acceptors (Lipinski definition) is 4. The van der Waals surface area contributed by atoms with Crippen molar-refractivity contribution in [1.82, 2.24) is 0 Å². The molecule has 0 saturated heterocycles. The number of thioether (sulfide) groups is 1. The maximum atomic E-state index is 9.46. The Hall–Kier alpha value is -1.13. The number of nitrogens with zero attached hydrogens (tertiary/aromatic N) is 1. The largest absolute Gasteiger partial charge is 0.497 e. The van der Waals surface area contributed by atoms with Crippen LogP contribution in [0.5, 0.6) is 5.75 Å². The van der Waals surface area contributed by atoms with Crippen LogP contribution in [0.3, 0.4) is 0 Å². The van der Waals surface area contributed by atoms with Gasteiger partial charge >= 0.3 is 0 Å². The van der Waals surface area contributed by atoms with Crippen LogP contribution in [0.1, 0.15) is 13.8 Å². The van der Waals surface area contributed by atoms with Crippen LogP contribution in [-0.4, -0.2) is 24.9 Å². The van der Waals surface area contributed by atoms with Crippen molar-refractivity contribution in [1.29, 1.82) is 0 Å². The normalized spacial score (nSPS) is 18.4. The molecule has 0 spiro atoms. The molecular weight excluding hydrogens is 234 g/mol. The number of fused-ring (bicyclic) bond motifs is 1. The highest BCUT2D eigenvalue weighted by atomic mass is 32.2. The molecule has 1 aliphatic heterocycles. The van der Waals surface area contributed by atoms with Crippen LogP contribution in [0.25, 0.3) is 0 Å². The van der Waals surface area contributed by atoms with Gasteiger partial charge in [-0.15, -0.1) is 0 Å². The van der Waals surface area contributed by atoms with Gasteiger partial charge in [0, 0.05) is 17.5 Å². The Morgan fingerprint density at radius 3 is 2.88 bits per heavy atom. The zero-order valence-corrected chi connectivity index (χ0v) is 11.1. The maximum absolute atomic E-state index is 9.46. The Morgan fingerprint density at radius 1 is 1.53 bits per heavy atom. The van der Waals surface area contributed by atoms with E-state index < -0.39 is 6.10 Å². The van der Waals surface area contributed by atoms with E-state index in [-0.39, 0.29) is 0 Å². The fraction of sp³-hybridized carbons (Fsp3) is 0.385. The summed E-state index contributed by atoms with van der Waals surface area (Å²) in [5.41, 5.74) is 1.16. The number of hydrogen-bond donors (Lipinski definition) is 1. The number of aliphatic hydroxyl groups is 1. The molecule has 0 aromatic heterocycles. The summed E-state index contributed by atoms with van der Waals surface area (Å²) in [6.07, 6.45) is 1.45. The number of ether oxygens (including phenoxy) is 1. The van der Waals surface area contributed by atoms with Crippen LogP contribution < -0.4 is 9.64 Å². The quantitative estimate of drug-likeness (QED) is 0.895. The van der Waals surface area contributed by atoms with Crippen LogP contribution in [0.4, 0.5) is 5.69 Å². The van der Waals surface area contributed by atoms with Gasteiger partial charge in [-0.05, 0) is 32.1 Å². The standard InChI is InChI=1S/C13H17NO2S/c1-4-14-11-8-10(16-3)5-6-12(11)17-13(14)7-9(2)15/h5-9,15H,4H2,1-3H3/b13-7-. The third-order valence-electron chi connectivity index (χ3n) is 2.64. The summed E-state index contributed by atoms with van der Waals surface area (Å²) in [6.45, 7) is 4.75. The lowest BCUT2D eigenvalue weighted by atomic mass is 10.2. The predicted molar refractivity (Wildman–Crippen MR) is 71.6 cm³/mol. The minimum Gasteiger partial charge on any atom is -0.497 e. The molecule has 1 N–H and O–H groups in total. The average Bonchev–Trinajstić information content (AvgIpc) is 2.63. The second-order valence-corrected chi connectivity index (χ2v) is 4.99. The first-order valence-corrected chi connectivity index (χ1v) is 6.50. The van der Waals surface area contributed by atoms with E-state index in [0.717, 1.165) is 23.0 Å². The third-order valence-corrected chi connectivity index (χ3v) is 3.77. The van der Waals surface area contributed by atoms with Gasteiger partial charge in [0.2, 0.25) is 0 Å². The molecule has 92 valence electrons. The molecule has 3 nitrogen and oxygen atoms in total. The van der Waals surface area contributed by atoms with Crippen molar-refractivity contribution in [3.8, 4) is 5.75 Å². The fourth-order valence-electron chi connectivity index (χ4n) is 1.86. The van der Waals surface area contributed by atoms with Gasteiger partial charge in [-0.25, -0.2) is 0 Å². The smallest absolute Gasteiger partial charge is 0.121 e. The summed E-state index contributed by atoms with van der Waals surface area (Å²) in [5, 5.41) is 10.6.